The molecule has 1 saturated heterocycles. The van der Waals surface area contributed by atoms with Crippen LogP contribution in [0.15, 0.2) is 24.3 Å². The molecule has 23 heavy (non-hydrogen) atoms. The zero-order chi connectivity index (χ0) is 15.2. The molecule has 0 atom stereocenters. The molecular weight excluding hydrogens is 343 g/mol. The molecule has 0 radical (unpaired) electrons. The van der Waals surface area contributed by atoms with Crippen LogP contribution in [0.2, 0.25) is 0 Å². The SMILES string of the molecule is Cl.Cl.NCCCC(=O)N1CCN(c2cccc([N+](=O)[O-])c2)CC1. The van der Waals surface area contributed by atoms with Crippen molar-refractivity contribution in [2.75, 3.05) is 37.6 Å². The maximum Gasteiger partial charge on any atom is 0.271 e. The molecule has 1 aliphatic heterocycles. The number of hydrogen-bond acceptors (Lipinski definition) is 5. The summed E-state index contributed by atoms with van der Waals surface area (Å²) in [6.07, 6.45) is 1.21. The van der Waals surface area contributed by atoms with Crippen molar-refractivity contribution in [3.8, 4) is 0 Å². The predicted molar refractivity (Wildman–Crippen MR) is 94.7 cm³/mol. The van der Waals surface area contributed by atoms with E-state index in [2.05, 4.69) is 4.90 Å². The van der Waals surface area contributed by atoms with Crippen LogP contribution >= 0.6 is 24.8 Å². The van der Waals surface area contributed by atoms with Crippen LogP contribution in [0.1, 0.15) is 12.8 Å². The van der Waals surface area contributed by atoms with Crippen molar-refractivity contribution < 1.29 is 9.72 Å². The number of carbonyl (C=O) groups is 1. The Labute approximate surface area is 147 Å². The molecule has 1 aromatic rings. The Morgan fingerprint density at radius 2 is 1.87 bits per heavy atom. The summed E-state index contributed by atoms with van der Waals surface area (Å²) in [4.78, 5) is 26.2. The minimum Gasteiger partial charge on any atom is -0.368 e. The quantitative estimate of drug-likeness (QED) is 0.635. The Balaban J connectivity index is 0.00000242. The van der Waals surface area contributed by atoms with Gasteiger partial charge >= 0.3 is 0 Å². The van der Waals surface area contributed by atoms with Crippen molar-refractivity contribution in [1.29, 1.82) is 0 Å². The first-order valence-electron chi connectivity index (χ1n) is 7.09. The van der Waals surface area contributed by atoms with Crippen LogP contribution in [0.4, 0.5) is 11.4 Å². The standard InChI is InChI=1S/C14H20N4O3.2ClH/c15-6-2-5-14(19)17-9-7-16(8-10-17)12-3-1-4-13(11-12)18(20)21;;/h1,3-4,11H,2,5-10,15H2;2*1H. The molecule has 7 nitrogen and oxygen atoms in total. The summed E-state index contributed by atoms with van der Waals surface area (Å²) >= 11 is 0. The van der Waals surface area contributed by atoms with Crippen molar-refractivity contribution in [2.24, 2.45) is 5.73 Å². The summed E-state index contributed by atoms with van der Waals surface area (Å²) in [6, 6.07) is 6.60. The highest BCUT2D eigenvalue weighted by molar-refractivity contribution is 5.85. The number of piperazine rings is 1. The molecule has 1 aliphatic rings. The molecule has 0 unspecified atom stereocenters. The molecule has 0 aliphatic carbocycles. The number of rotatable bonds is 5. The molecule has 0 spiro atoms. The van der Waals surface area contributed by atoms with Gasteiger partial charge in [0.25, 0.3) is 5.69 Å². The fourth-order valence-corrected chi connectivity index (χ4v) is 2.43. The summed E-state index contributed by atoms with van der Waals surface area (Å²) < 4.78 is 0. The van der Waals surface area contributed by atoms with Crippen molar-refractivity contribution in [1.82, 2.24) is 4.90 Å². The molecule has 1 heterocycles. The Hall–Kier alpha value is -1.57. The fourth-order valence-electron chi connectivity index (χ4n) is 2.43. The number of nitro groups is 1. The lowest BCUT2D eigenvalue weighted by Gasteiger charge is -2.36. The number of nitrogens with zero attached hydrogens (tertiary/aromatic N) is 3. The molecule has 9 heteroatoms. The van der Waals surface area contributed by atoms with E-state index in [0.29, 0.717) is 45.6 Å². The molecule has 130 valence electrons. The van der Waals surface area contributed by atoms with Gasteiger partial charge in [0.1, 0.15) is 0 Å². The lowest BCUT2D eigenvalue weighted by Crippen LogP contribution is -2.48. The second-order valence-electron chi connectivity index (χ2n) is 5.04. The lowest BCUT2D eigenvalue weighted by molar-refractivity contribution is -0.384. The van der Waals surface area contributed by atoms with Gasteiger partial charge in [-0.25, -0.2) is 0 Å². The molecule has 0 saturated carbocycles. The minimum absolute atomic E-state index is 0. The normalized spacial score (nSPS) is 13.8. The number of nitrogens with two attached hydrogens (primary N) is 1. The zero-order valence-electron chi connectivity index (χ0n) is 12.7. The first kappa shape index (κ1) is 21.4. The fraction of sp³-hybridized carbons (Fsp3) is 0.500. The Kier molecular flexibility index (Phi) is 9.55. The van der Waals surface area contributed by atoms with Crippen LogP contribution < -0.4 is 10.6 Å². The van der Waals surface area contributed by atoms with Gasteiger partial charge in [-0.05, 0) is 19.0 Å². The monoisotopic (exact) mass is 364 g/mol. The number of hydrogen-bond donors (Lipinski definition) is 1. The van der Waals surface area contributed by atoms with E-state index in [-0.39, 0.29) is 36.4 Å². The van der Waals surface area contributed by atoms with Crippen LogP contribution in [0, 0.1) is 10.1 Å². The van der Waals surface area contributed by atoms with E-state index < -0.39 is 4.92 Å². The predicted octanol–water partition coefficient (Wildman–Crippen LogP) is 1.83. The van der Waals surface area contributed by atoms with Gasteiger partial charge in [-0.3, -0.25) is 14.9 Å². The third-order valence-electron chi connectivity index (χ3n) is 3.63. The van der Waals surface area contributed by atoms with Gasteiger partial charge < -0.3 is 15.5 Å². The number of carbonyl (C=O) groups excluding carboxylic acids is 1. The number of benzene rings is 1. The molecule has 1 aromatic carbocycles. The van der Waals surface area contributed by atoms with Crippen LogP contribution in [0.5, 0.6) is 0 Å². The Bertz CT molecular complexity index is 522. The molecule has 1 amide bonds. The van der Waals surface area contributed by atoms with Gasteiger partial charge in [0.15, 0.2) is 0 Å². The largest absolute Gasteiger partial charge is 0.368 e. The van der Waals surface area contributed by atoms with E-state index in [1.807, 2.05) is 11.0 Å². The number of nitro benzene ring substituents is 1. The van der Waals surface area contributed by atoms with Crippen LogP contribution in [0.25, 0.3) is 0 Å². The van der Waals surface area contributed by atoms with Crippen LogP contribution in [0.3, 0.4) is 0 Å². The molecule has 1 fully saturated rings. The molecule has 2 N–H and O–H groups in total. The average molecular weight is 365 g/mol. The van der Waals surface area contributed by atoms with Crippen molar-refractivity contribution >= 4 is 42.1 Å². The highest BCUT2D eigenvalue weighted by Crippen LogP contribution is 2.22. The summed E-state index contributed by atoms with van der Waals surface area (Å²) in [7, 11) is 0. The van der Waals surface area contributed by atoms with Crippen molar-refractivity contribution in [2.45, 2.75) is 12.8 Å². The number of anilines is 1. The second-order valence-corrected chi connectivity index (χ2v) is 5.04. The topological polar surface area (TPSA) is 92.7 Å². The van der Waals surface area contributed by atoms with Gasteiger partial charge in [0.2, 0.25) is 5.91 Å². The van der Waals surface area contributed by atoms with Gasteiger partial charge in [0.05, 0.1) is 4.92 Å². The summed E-state index contributed by atoms with van der Waals surface area (Å²) in [5, 5.41) is 10.8. The van der Waals surface area contributed by atoms with E-state index >= 15 is 0 Å². The minimum atomic E-state index is -0.393. The Morgan fingerprint density at radius 3 is 2.43 bits per heavy atom. The van der Waals surface area contributed by atoms with E-state index in [1.165, 1.54) is 6.07 Å². The van der Waals surface area contributed by atoms with Crippen molar-refractivity contribution in [3.05, 3.63) is 34.4 Å². The molecule has 0 bridgehead atoms. The molecular formula is C14H22Cl2N4O3. The third-order valence-corrected chi connectivity index (χ3v) is 3.63. The van der Waals surface area contributed by atoms with E-state index in [4.69, 9.17) is 5.73 Å². The van der Waals surface area contributed by atoms with Crippen LogP contribution in [-0.2, 0) is 4.79 Å². The highest BCUT2D eigenvalue weighted by Gasteiger charge is 2.21. The first-order valence-corrected chi connectivity index (χ1v) is 7.09. The second kappa shape index (κ2) is 10.3. The molecule has 0 aromatic heterocycles. The lowest BCUT2D eigenvalue weighted by atomic mass is 10.2. The van der Waals surface area contributed by atoms with Gasteiger partial charge in [-0.2, -0.15) is 0 Å². The maximum atomic E-state index is 11.9. The smallest absolute Gasteiger partial charge is 0.271 e. The van der Waals surface area contributed by atoms with Crippen LogP contribution in [-0.4, -0.2) is 48.5 Å². The zero-order valence-corrected chi connectivity index (χ0v) is 14.4. The first-order chi connectivity index (χ1) is 10.1. The summed E-state index contributed by atoms with van der Waals surface area (Å²) in [5.41, 5.74) is 6.33. The Morgan fingerprint density at radius 1 is 1.22 bits per heavy atom. The third kappa shape index (κ3) is 5.85. The number of non-ortho nitro benzene ring substituents is 1. The summed E-state index contributed by atoms with van der Waals surface area (Å²) in [6.45, 7) is 3.20. The maximum absolute atomic E-state index is 11.9. The van der Waals surface area contributed by atoms with E-state index in [9.17, 15) is 14.9 Å². The van der Waals surface area contributed by atoms with Crippen molar-refractivity contribution in [3.63, 3.8) is 0 Å². The molecule has 2 rings (SSSR count). The van der Waals surface area contributed by atoms with Gasteiger partial charge in [-0.1, -0.05) is 6.07 Å². The van der Waals surface area contributed by atoms with Gasteiger partial charge in [0, 0.05) is 50.4 Å². The number of amides is 1. The van der Waals surface area contributed by atoms with E-state index in [0.717, 1.165) is 5.69 Å². The summed E-state index contributed by atoms with van der Waals surface area (Å²) in [5.74, 6) is 0.138. The number of halogens is 2. The average Bonchev–Trinajstić information content (AvgIpc) is 2.53. The van der Waals surface area contributed by atoms with E-state index in [1.54, 1.807) is 12.1 Å². The highest BCUT2D eigenvalue weighted by atomic mass is 35.5. The van der Waals surface area contributed by atoms with Gasteiger partial charge in [-0.15, -0.1) is 24.8 Å².